The summed E-state index contributed by atoms with van der Waals surface area (Å²) in [6, 6.07) is 10.5. The van der Waals surface area contributed by atoms with Crippen molar-refractivity contribution in [3.63, 3.8) is 0 Å². The first-order chi connectivity index (χ1) is 12.4. The van der Waals surface area contributed by atoms with Crippen LogP contribution in [0.1, 0.15) is 21.5 Å². The van der Waals surface area contributed by atoms with Crippen molar-refractivity contribution in [3.8, 4) is 17.2 Å². The monoisotopic (exact) mass is 358 g/mol. The molecule has 0 saturated heterocycles. The summed E-state index contributed by atoms with van der Waals surface area (Å²) in [6.07, 6.45) is 0. The van der Waals surface area contributed by atoms with E-state index in [1.54, 1.807) is 18.2 Å². The van der Waals surface area contributed by atoms with Crippen molar-refractivity contribution in [3.05, 3.63) is 53.1 Å². The largest absolute Gasteiger partial charge is 0.497 e. The number of benzene rings is 2. The number of carbonyl (C=O) groups excluding carboxylic acids is 2. The number of carbonyl (C=O) groups is 2. The van der Waals surface area contributed by atoms with E-state index in [1.165, 1.54) is 14.2 Å². The van der Waals surface area contributed by atoms with Crippen LogP contribution < -0.4 is 25.1 Å². The average molecular weight is 358 g/mol. The Hall–Kier alpha value is -3.22. The molecule has 0 spiro atoms. The highest BCUT2D eigenvalue weighted by Gasteiger charge is 2.14. The van der Waals surface area contributed by atoms with E-state index in [0.29, 0.717) is 17.2 Å². The first kappa shape index (κ1) is 19.1. The number of nitrogens with one attached hydrogen (secondary N) is 2. The number of ether oxygens (including phenoxy) is 3. The fourth-order valence-corrected chi connectivity index (χ4v) is 2.22. The molecule has 7 nitrogen and oxygen atoms in total. The lowest BCUT2D eigenvalue weighted by Crippen LogP contribution is -2.43. The maximum absolute atomic E-state index is 12.2. The number of hydrazine groups is 1. The highest BCUT2D eigenvalue weighted by Crippen LogP contribution is 2.24. The topological polar surface area (TPSA) is 85.9 Å². The molecule has 2 amide bonds. The smallest absolute Gasteiger partial charge is 0.276 e. The summed E-state index contributed by atoms with van der Waals surface area (Å²) in [5.74, 6) is 0.534. The van der Waals surface area contributed by atoms with Crippen LogP contribution in [0.3, 0.4) is 0 Å². The highest BCUT2D eigenvalue weighted by atomic mass is 16.5. The van der Waals surface area contributed by atoms with Crippen LogP contribution in [0.4, 0.5) is 0 Å². The maximum atomic E-state index is 12.2. The van der Waals surface area contributed by atoms with E-state index in [-0.39, 0.29) is 12.2 Å². The molecule has 26 heavy (non-hydrogen) atoms. The molecular weight excluding hydrogens is 336 g/mol. The van der Waals surface area contributed by atoms with E-state index in [0.717, 1.165) is 11.1 Å². The molecule has 2 N–H and O–H groups in total. The Morgan fingerprint density at radius 3 is 2.38 bits per heavy atom. The normalized spacial score (nSPS) is 10.0. The van der Waals surface area contributed by atoms with Crippen LogP contribution in [0.15, 0.2) is 36.4 Å². The molecule has 0 fully saturated rings. The van der Waals surface area contributed by atoms with Gasteiger partial charge in [-0.15, -0.1) is 0 Å². The van der Waals surface area contributed by atoms with Gasteiger partial charge in [0.25, 0.3) is 11.8 Å². The number of hydrogen-bond donors (Lipinski definition) is 2. The van der Waals surface area contributed by atoms with Crippen LogP contribution in [-0.4, -0.2) is 32.6 Å². The van der Waals surface area contributed by atoms with Crippen molar-refractivity contribution in [2.45, 2.75) is 13.8 Å². The molecule has 2 aromatic carbocycles. The summed E-state index contributed by atoms with van der Waals surface area (Å²) >= 11 is 0. The summed E-state index contributed by atoms with van der Waals surface area (Å²) in [5.41, 5.74) is 6.88. The van der Waals surface area contributed by atoms with E-state index in [2.05, 4.69) is 10.9 Å². The van der Waals surface area contributed by atoms with Gasteiger partial charge in [0.15, 0.2) is 6.61 Å². The standard InChI is InChI=1S/C19H22N2O5/c1-12-5-6-13(2)16(9-12)26-11-18(22)20-21-19(23)15-8-7-14(24-3)10-17(15)25-4/h5-10H,11H2,1-4H3,(H,20,22)(H,21,23). The fraction of sp³-hybridized carbons (Fsp3) is 0.263. The van der Waals surface area contributed by atoms with Crippen LogP contribution in [0.5, 0.6) is 17.2 Å². The van der Waals surface area contributed by atoms with Crippen molar-refractivity contribution in [2.24, 2.45) is 0 Å². The Kier molecular flexibility index (Phi) is 6.43. The first-order valence-corrected chi connectivity index (χ1v) is 7.96. The van der Waals surface area contributed by atoms with E-state index in [1.807, 2.05) is 32.0 Å². The minimum absolute atomic E-state index is 0.218. The van der Waals surface area contributed by atoms with Crippen LogP contribution in [0.25, 0.3) is 0 Å². The molecule has 0 aliphatic rings. The van der Waals surface area contributed by atoms with Crippen LogP contribution in [0, 0.1) is 13.8 Å². The quantitative estimate of drug-likeness (QED) is 0.773. The second kappa shape index (κ2) is 8.75. The Labute approximate surface area is 152 Å². The van der Waals surface area contributed by atoms with Gasteiger partial charge in [0.2, 0.25) is 0 Å². The number of rotatable bonds is 6. The highest BCUT2D eigenvalue weighted by molar-refractivity contribution is 5.98. The molecule has 7 heteroatoms. The predicted molar refractivity (Wildman–Crippen MR) is 96.6 cm³/mol. The predicted octanol–water partition coefficient (Wildman–Crippen LogP) is 2.16. The van der Waals surface area contributed by atoms with Crippen LogP contribution >= 0.6 is 0 Å². The zero-order valence-corrected chi connectivity index (χ0v) is 15.2. The van der Waals surface area contributed by atoms with Gasteiger partial charge in [0.05, 0.1) is 19.8 Å². The molecule has 0 bridgehead atoms. The Morgan fingerprint density at radius 2 is 1.69 bits per heavy atom. The molecule has 0 heterocycles. The fourth-order valence-electron chi connectivity index (χ4n) is 2.22. The number of aryl methyl sites for hydroxylation is 2. The Morgan fingerprint density at radius 1 is 0.923 bits per heavy atom. The summed E-state index contributed by atoms with van der Waals surface area (Å²) in [6.45, 7) is 3.61. The van der Waals surface area contributed by atoms with Crippen molar-refractivity contribution in [1.82, 2.24) is 10.9 Å². The molecule has 2 aromatic rings. The van der Waals surface area contributed by atoms with Gasteiger partial charge in [-0.2, -0.15) is 0 Å². The lowest BCUT2D eigenvalue weighted by molar-refractivity contribution is -0.123. The van der Waals surface area contributed by atoms with Gasteiger partial charge in [-0.1, -0.05) is 12.1 Å². The summed E-state index contributed by atoms with van der Waals surface area (Å²) in [7, 11) is 2.97. The van der Waals surface area contributed by atoms with Gasteiger partial charge in [-0.05, 0) is 43.2 Å². The van der Waals surface area contributed by atoms with Crippen LogP contribution in [-0.2, 0) is 4.79 Å². The molecule has 0 atom stereocenters. The number of amides is 2. The van der Waals surface area contributed by atoms with Gasteiger partial charge >= 0.3 is 0 Å². The molecule has 0 radical (unpaired) electrons. The molecule has 2 rings (SSSR count). The molecule has 0 aliphatic heterocycles. The Balaban J connectivity index is 1.91. The first-order valence-electron chi connectivity index (χ1n) is 7.96. The summed E-state index contributed by atoms with van der Waals surface area (Å²) in [5, 5.41) is 0. The van der Waals surface area contributed by atoms with Crippen molar-refractivity contribution < 1.29 is 23.8 Å². The van der Waals surface area contributed by atoms with E-state index >= 15 is 0 Å². The minimum Gasteiger partial charge on any atom is -0.497 e. The third-order valence-corrected chi connectivity index (χ3v) is 3.67. The molecule has 0 unspecified atom stereocenters. The molecule has 0 saturated carbocycles. The number of methoxy groups -OCH3 is 2. The zero-order chi connectivity index (χ0) is 19.1. The van der Waals surface area contributed by atoms with Crippen molar-refractivity contribution >= 4 is 11.8 Å². The third kappa shape index (κ3) is 4.89. The third-order valence-electron chi connectivity index (χ3n) is 3.67. The van der Waals surface area contributed by atoms with Crippen LogP contribution in [0.2, 0.25) is 0 Å². The second-order valence-corrected chi connectivity index (χ2v) is 5.63. The molecule has 0 aromatic heterocycles. The summed E-state index contributed by atoms with van der Waals surface area (Å²) in [4.78, 5) is 24.1. The maximum Gasteiger partial charge on any atom is 0.276 e. The van der Waals surface area contributed by atoms with Crippen molar-refractivity contribution in [1.29, 1.82) is 0 Å². The van der Waals surface area contributed by atoms with E-state index < -0.39 is 11.8 Å². The SMILES string of the molecule is COc1ccc(C(=O)NNC(=O)COc2cc(C)ccc2C)c(OC)c1. The van der Waals surface area contributed by atoms with Crippen molar-refractivity contribution in [2.75, 3.05) is 20.8 Å². The van der Waals surface area contributed by atoms with Gasteiger partial charge in [-0.25, -0.2) is 0 Å². The number of hydrogen-bond acceptors (Lipinski definition) is 5. The van der Waals surface area contributed by atoms with E-state index in [9.17, 15) is 9.59 Å². The zero-order valence-electron chi connectivity index (χ0n) is 15.2. The Bertz CT molecular complexity index is 805. The van der Waals surface area contributed by atoms with Gasteiger partial charge in [0, 0.05) is 6.07 Å². The summed E-state index contributed by atoms with van der Waals surface area (Å²) < 4.78 is 15.7. The van der Waals surface area contributed by atoms with Gasteiger partial charge < -0.3 is 14.2 Å². The molecular formula is C19H22N2O5. The molecule has 138 valence electrons. The lowest BCUT2D eigenvalue weighted by Gasteiger charge is -2.12. The average Bonchev–Trinajstić information content (AvgIpc) is 2.66. The molecule has 0 aliphatic carbocycles. The van der Waals surface area contributed by atoms with Gasteiger partial charge in [-0.3, -0.25) is 20.4 Å². The van der Waals surface area contributed by atoms with Gasteiger partial charge in [0.1, 0.15) is 17.2 Å². The second-order valence-electron chi connectivity index (χ2n) is 5.63. The van der Waals surface area contributed by atoms with E-state index in [4.69, 9.17) is 14.2 Å². The lowest BCUT2D eigenvalue weighted by atomic mass is 10.1. The minimum atomic E-state index is -0.510.